The van der Waals surface area contributed by atoms with E-state index in [0.717, 1.165) is 0 Å². The molecule has 1 fully saturated rings. The molecule has 0 unspecified atom stereocenters. The highest BCUT2D eigenvalue weighted by Crippen LogP contribution is 2.31. The van der Waals surface area contributed by atoms with Gasteiger partial charge in [-0.1, -0.05) is 0 Å². The van der Waals surface area contributed by atoms with E-state index < -0.39 is 15.9 Å². The first kappa shape index (κ1) is 20.2. The van der Waals surface area contributed by atoms with Crippen LogP contribution >= 0.6 is 0 Å². The summed E-state index contributed by atoms with van der Waals surface area (Å²) >= 11 is 0. The number of methoxy groups -OCH3 is 1. The first-order valence-corrected chi connectivity index (χ1v) is 9.86. The van der Waals surface area contributed by atoms with Gasteiger partial charge in [-0.2, -0.15) is 4.31 Å². The van der Waals surface area contributed by atoms with Crippen LogP contribution in [-0.2, 0) is 24.3 Å². The van der Waals surface area contributed by atoms with Crippen LogP contribution in [0.5, 0.6) is 5.75 Å². The lowest BCUT2D eigenvalue weighted by molar-refractivity contribution is -0.149. The molecule has 1 aromatic rings. The number of hydrogen-bond acceptors (Lipinski definition) is 6. The Bertz CT molecular complexity index is 777. The van der Waals surface area contributed by atoms with Gasteiger partial charge in [0.1, 0.15) is 5.75 Å². The van der Waals surface area contributed by atoms with Crippen molar-refractivity contribution in [3.05, 3.63) is 18.2 Å². The first-order chi connectivity index (χ1) is 12.3. The molecule has 0 radical (unpaired) electrons. The summed E-state index contributed by atoms with van der Waals surface area (Å²) in [5.41, 5.74) is 0.391. The Hall–Kier alpha value is -2.13. The zero-order valence-corrected chi connectivity index (χ0v) is 16.0. The van der Waals surface area contributed by atoms with Crippen molar-refractivity contribution in [2.45, 2.75) is 31.6 Å². The van der Waals surface area contributed by atoms with Crippen LogP contribution in [0.15, 0.2) is 23.1 Å². The molecule has 1 aliphatic rings. The number of carbonyl (C=O) groups excluding carboxylic acids is 2. The SMILES string of the molecule is CCOC(=O)[C@H]1CCCN(S(=O)(=O)c2ccc(NC(C)=O)c(OC)c2)C1. The Morgan fingerprint density at radius 2 is 2.08 bits per heavy atom. The van der Waals surface area contributed by atoms with Gasteiger partial charge >= 0.3 is 5.97 Å². The zero-order chi connectivity index (χ0) is 19.3. The number of nitrogens with zero attached hydrogens (tertiary/aromatic N) is 1. The molecule has 144 valence electrons. The van der Waals surface area contributed by atoms with E-state index in [1.165, 1.54) is 36.5 Å². The average molecular weight is 384 g/mol. The van der Waals surface area contributed by atoms with Crippen molar-refractivity contribution >= 4 is 27.6 Å². The Kier molecular flexibility index (Phi) is 6.60. The first-order valence-electron chi connectivity index (χ1n) is 8.42. The quantitative estimate of drug-likeness (QED) is 0.748. The molecule has 8 nitrogen and oxygen atoms in total. The van der Waals surface area contributed by atoms with Gasteiger partial charge in [-0.15, -0.1) is 0 Å². The van der Waals surface area contributed by atoms with Gasteiger partial charge in [0.25, 0.3) is 0 Å². The maximum Gasteiger partial charge on any atom is 0.310 e. The second-order valence-electron chi connectivity index (χ2n) is 6.00. The van der Waals surface area contributed by atoms with E-state index in [0.29, 0.717) is 25.1 Å². The normalized spacial score (nSPS) is 18.2. The summed E-state index contributed by atoms with van der Waals surface area (Å²) in [4.78, 5) is 23.2. The number of esters is 1. The van der Waals surface area contributed by atoms with Gasteiger partial charge in [0, 0.05) is 26.1 Å². The molecule has 1 aliphatic heterocycles. The predicted octanol–water partition coefficient (Wildman–Crippen LogP) is 1.62. The lowest BCUT2D eigenvalue weighted by Crippen LogP contribution is -2.42. The largest absolute Gasteiger partial charge is 0.495 e. The second-order valence-corrected chi connectivity index (χ2v) is 7.94. The topological polar surface area (TPSA) is 102 Å². The number of amides is 1. The highest BCUT2D eigenvalue weighted by Gasteiger charge is 2.34. The summed E-state index contributed by atoms with van der Waals surface area (Å²) in [6, 6.07) is 4.27. The summed E-state index contributed by atoms with van der Waals surface area (Å²) in [6.07, 6.45) is 1.19. The van der Waals surface area contributed by atoms with Crippen molar-refractivity contribution in [3.63, 3.8) is 0 Å². The number of rotatable bonds is 6. The van der Waals surface area contributed by atoms with E-state index in [1.54, 1.807) is 6.92 Å². The molecule has 0 aliphatic carbocycles. The molecule has 1 N–H and O–H groups in total. The number of anilines is 1. The number of sulfonamides is 1. The van der Waals surface area contributed by atoms with Crippen LogP contribution in [0.2, 0.25) is 0 Å². The monoisotopic (exact) mass is 384 g/mol. The van der Waals surface area contributed by atoms with E-state index in [-0.39, 0.29) is 35.7 Å². The molecule has 26 heavy (non-hydrogen) atoms. The van der Waals surface area contributed by atoms with Gasteiger partial charge < -0.3 is 14.8 Å². The minimum atomic E-state index is -3.79. The molecule has 2 rings (SSSR count). The van der Waals surface area contributed by atoms with Gasteiger partial charge in [-0.3, -0.25) is 9.59 Å². The summed E-state index contributed by atoms with van der Waals surface area (Å²) in [6.45, 7) is 3.78. The molecule has 0 saturated carbocycles. The third-order valence-electron chi connectivity index (χ3n) is 4.13. The number of ether oxygens (including phenoxy) is 2. The van der Waals surface area contributed by atoms with E-state index in [4.69, 9.17) is 9.47 Å². The maximum absolute atomic E-state index is 12.9. The minimum absolute atomic E-state index is 0.0490. The van der Waals surface area contributed by atoms with Crippen LogP contribution in [0.3, 0.4) is 0 Å². The lowest BCUT2D eigenvalue weighted by Gasteiger charge is -2.30. The van der Waals surface area contributed by atoms with Crippen molar-refractivity contribution in [3.8, 4) is 5.75 Å². The van der Waals surface area contributed by atoms with Crippen LogP contribution in [-0.4, -0.2) is 51.4 Å². The highest BCUT2D eigenvalue weighted by atomic mass is 32.2. The number of hydrogen-bond donors (Lipinski definition) is 1. The zero-order valence-electron chi connectivity index (χ0n) is 15.1. The van der Waals surface area contributed by atoms with Gasteiger partial charge in [0.05, 0.1) is 30.2 Å². The molecule has 9 heteroatoms. The van der Waals surface area contributed by atoms with Crippen LogP contribution in [0.1, 0.15) is 26.7 Å². The molecule has 1 aromatic carbocycles. The minimum Gasteiger partial charge on any atom is -0.495 e. The van der Waals surface area contributed by atoms with Gasteiger partial charge in [0.15, 0.2) is 0 Å². The van der Waals surface area contributed by atoms with Gasteiger partial charge in [-0.05, 0) is 31.9 Å². The van der Waals surface area contributed by atoms with Gasteiger partial charge in [0.2, 0.25) is 15.9 Å². The average Bonchev–Trinajstić information content (AvgIpc) is 2.61. The van der Waals surface area contributed by atoms with E-state index in [1.807, 2.05) is 0 Å². The molecule has 1 saturated heterocycles. The summed E-state index contributed by atoms with van der Waals surface area (Å²) in [5, 5.41) is 2.58. The van der Waals surface area contributed by atoms with E-state index in [9.17, 15) is 18.0 Å². The standard InChI is InChI=1S/C17H24N2O6S/c1-4-25-17(21)13-6-5-9-19(11-13)26(22,23)14-7-8-15(18-12(2)20)16(10-14)24-3/h7-8,10,13H,4-6,9,11H2,1-3H3,(H,18,20)/t13-/m0/s1. The van der Waals surface area contributed by atoms with Crippen molar-refractivity contribution in [1.82, 2.24) is 4.31 Å². The second kappa shape index (κ2) is 8.50. The summed E-state index contributed by atoms with van der Waals surface area (Å²) < 4.78 is 37.4. The molecular formula is C17H24N2O6S. The fraction of sp³-hybridized carbons (Fsp3) is 0.529. The predicted molar refractivity (Wildman–Crippen MR) is 95.4 cm³/mol. The molecule has 1 heterocycles. The Morgan fingerprint density at radius 3 is 2.69 bits per heavy atom. The maximum atomic E-state index is 12.9. The third-order valence-corrected chi connectivity index (χ3v) is 5.99. The number of carbonyl (C=O) groups is 2. The fourth-order valence-electron chi connectivity index (χ4n) is 2.89. The van der Waals surface area contributed by atoms with Crippen molar-refractivity contribution in [1.29, 1.82) is 0 Å². The lowest BCUT2D eigenvalue weighted by atomic mass is 10.0. The van der Waals surface area contributed by atoms with Crippen LogP contribution in [0.4, 0.5) is 5.69 Å². The number of piperidine rings is 1. The van der Waals surface area contributed by atoms with E-state index >= 15 is 0 Å². The van der Waals surface area contributed by atoms with Crippen molar-refractivity contribution in [2.75, 3.05) is 32.1 Å². The number of nitrogens with one attached hydrogen (secondary N) is 1. The Balaban J connectivity index is 2.26. The van der Waals surface area contributed by atoms with Crippen LogP contribution in [0, 0.1) is 5.92 Å². The van der Waals surface area contributed by atoms with E-state index in [2.05, 4.69) is 5.32 Å². The van der Waals surface area contributed by atoms with Crippen LogP contribution in [0.25, 0.3) is 0 Å². The number of benzene rings is 1. The molecule has 0 aromatic heterocycles. The third kappa shape index (κ3) is 4.53. The Labute approximate surface area is 153 Å². The van der Waals surface area contributed by atoms with Crippen LogP contribution < -0.4 is 10.1 Å². The molecule has 0 bridgehead atoms. The summed E-state index contributed by atoms with van der Waals surface area (Å²) in [5.74, 6) is -0.863. The van der Waals surface area contributed by atoms with Crippen molar-refractivity contribution < 1.29 is 27.5 Å². The molecule has 1 atom stereocenters. The smallest absolute Gasteiger partial charge is 0.310 e. The molecular weight excluding hydrogens is 360 g/mol. The Morgan fingerprint density at radius 1 is 1.35 bits per heavy atom. The molecule has 0 spiro atoms. The van der Waals surface area contributed by atoms with Gasteiger partial charge in [-0.25, -0.2) is 8.42 Å². The fourth-order valence-corrected chi connectivity index (χ4v) is 4.43. The molecule has 1 amide bonds. The van der Waals surface area contributed by atoms with Crippen molar-refractivity contribution in [2.24, 2.45) is 5.92 Å². The highest BCUT2D eigenvalue weighted by molar-refractivity contribution is 7.89. The summed E-state index contributed by atoms with van der Waals surface area (Å²) in [7, 11) is -2.39.